The quantitative estimate of drug-likeness (QED) is 0.0370. The molecule has 0 fully saturated rings. The first-order valence-electron chi connectivity index (χ1n) is 26.6. The van der Waals surface area contributed by atoms with Gasteiger partial charge in [0.25, 0.3) is 0 Å². The van der Waals surface area contributed by atoms with Crippen LogP contribution in [0, 0.1) is 0 Å². The molecule has 0 atom stereocenters. The molecule has 1 heterocycles. The fourth-order valence-electron chi connectivity index (χ4n) is 8.71. The van der Waals surface area contributed by atoms with Crippen LogP contribution in [0.1, 0.15) is 269 Å². The molecule has 1 aliphatic rings. The summed E-state index contributed by atoms with van der Waals surface area (Å²) in [5.74, 6) is 0. The molecule has 61 heavy (non-hydrogen) atoms. The van der Waals surface area contributed by atoms with E-state index in [2.05, 4.69) is 91.8 Å². The number of rotatable bonds is 36. The second-order valence-electron chi connectivity index (χ2n) is 18.4. The van der Waals surface area contributed by atoms with Crippen molar-refractivity contribution in [2.45, 2.75) is 272 Å². The third kappa shape index (κ3) is 22.5. The van der Waals surface area contributed by atoms with Gasteiger partial charge in [-0.1, -0.05) is 156 Å². The van der Waals surface area contributed by atoms with E-state index in [0.717, 1.165) is 49.9 Å². The molecule has 0 spiro atoms. The average molecular weight is 882 g/mol. The van der Waals surface area contributed by atoms with Crippen molar-refractivity contribution in [2.75, 3.05) is 0 Å². The summed E-state index contributed by atoms with van der Waals surface area (Å²) in [7, 11) is 0. The maximum absolute atomic E-state index is 12.7. The van der Waals surface area contributed by atoms with Gasteiger partial charge in [-0.3, -0.25) is 0 Å². The summed E-state index contributed by atoms with van der Waals surface area (Å²) in [5, 5.41) is 2.78. The number of unbranched alkanes of at least 4 members (excludes halogenated alkanes) is 18. The topological polar surface area (TPSA) is 25.3 Å². The van der Waals surface area contributed by atoms with Crippen molar-refractivity contribution in [1.29, 1.82) is 0 Å². The monoisotopic (exact) mass is 881 g/mol. The molecule has 2 nitrogen and oxygen atoms in total. The van der Waals surface area contributed by atoms with Gasteiger partial charge in [-0.05, 0) is 124 Å². The summed E-state index contributed by atoms with van der Waals surface area (Å²) in [6.07, 6.45) is 39.9. The van der Waals surface area contributed by atoms with Gasteiger partial charge in [0.1, 0.15) is 0 Å². The molecule has 0 N–H and O–H groups in total. The minimum absolute atomic E-state index is 1.05. The number of hydrogen-bond acceptors (Lipinski definition) is 0. The van der Waals surface area contributed by atoms with Gasteiger partial charge < -0.3 is 5.53 Å². The van der Waals surface area contributed by atoms with Gasteiger partial charge in [0.15, 0.2) is 0 Å². The number of hydrogen-bond donors (Lipinski definition) is 0. The summed E-state index contributed by atoms with van der Waals surface area (Å²) in [6.45, 7) is 18.3. The Morgan fingerprint density at radius 1 is 0.328 bits per heavy atom. The molecule has 0 bridgehead atoms. The standard InChI is InChI=1S/C50H80N2.2C4H9.Ni/c1-7-13-19-23-24-28-34-48-47(33-27-22-16-10-4)49(45-37-41(29-17-11-5)35-43(39-45)31-25-20-14-8-2)52(51)50(48)46-38-42(30-18-12-6)36-44(40-46)32-26-21-15-9-3;2*1-3-4-2;/h35-40H,7-34H2,1-6H3;2*1,3-4H2,2H3;. The zero-order chi connectivity index (χ0) is 44.3. The normalized spacial score (nSPS) is 12.9. The van der Waals surface area contributed by atoms with Crippen LogP contribution < -0.4 is 0 Å². The van der Waals surface area contributed by atoms with Gasteiger partial charge in [-0.25, -0.2) is 4.70 Å². The average Bonchev–Trinajstić information content (AvgIpc) is 3.55. The molecule has 350 valence electrons. The molecule has 1 aliphatic heterocycles. The van der Waals surface area contributed by atoms with Crippen LogP contribution in [0.25, 0.3) is 16.9 Å². The van der Waals surface area contributed by atoms with Gasteiger partial charge in [-0.2, -0.15) is 0 Å². The molecule has 0 saturated heterocycles. The van der Waals surface area contributed by atoms with Gasteiger partial charge >= 0.3 is 64.8 Å². The predicted molar refractivity (Wildman–Crippen MR) is 269 cm³/mol. The second kappa shape index (κ2) is 36.4. The second-order valence-corrected chi connectivity index (χ2v) is 19.9. The summed E-state index contributed by atoms with van der Waals surface area (Å²) < 4.78 is 1.70. The van der Waals surface area contributed by atoms with E-state index in [4.69, 9.17) is 0 Å². The Kier molecular flexibility index (Phi) is 32.9. The van der Waals surface area contributed by atoms with Crippen LogP contribution >= 0.6 is 0 Å². The number of aryl methyl sites for hydroxylation is 4. The Morgan fingerprint density at radius 3 is 0.951 bits per heavy atom. The predicted octanol–water partition coefficient (Wildman–Crippen LogP) is 20.0. The minimum atomic E-state index is 1.05. The van der Waals surface area contributed by atoms with Crippen molar-refractivity contribution in [3.05, 3.63) is 86.5 Å². The number of allylic oxidation sites excluding steroid dienone is 2. The van der Waals surface area contributed by atoms with Gasteiger partial charge in [0.2, 0.25) is 11.4 Å². The van der Waals surface area contributed by atoms with Crippen LogP contribution in [-0.2, 0) is 40.1 Å². The first-order valence-corrected chi connectivity index (χ1v) is 28.0. The van der Waals surface area contributed by atoms with E-state index < -0.39 is 0 Å². The van der Waals surface area contributed by atoms with Crippen LogP contribution in [0.5, 0.6) is 0 Å². The Hall–Kier alpha value is -1.99. The Morgan fingerprint density at radius 2 is 0.607 bits per heavy atom. The third-order valence-corrected chi connectivity index (χ3v) is 13.9. The van der Waals surface area contributed by atoms with E-state index in [-0.39, 0.29) is 0 Å². The van der Waals surface area contributed by atoms with Crippen molar-refractivity contribution in [3.8, 4) is 0 Å². The zero-order valence-corrected chi connectivity index (χ0v) is 42.7. The molecule has 2 aromatic carbocycles. The Bertz CT molecular complexity index is 1490. The van der Waals surface area contributed by atoms with Crippen LogP contribution in [0.15, 0.2) is 47.5 Å². The molecule has 0 aromatic heterocycles. The van der Waals surface area contributed by atoms with Crippen LogP contribution in [0.4, 0.5) is 0 Å². The molecule has 0 aliphatic carbocycles. The van der Waals surface area contributed by atoms with Crippen molar-refractivity contribution in [1.82, 2.24) is 0 Å². The molecule has 3 heteroatoms. The molecule has 0 radical (unpaired) electrons. The third-order valence-electron chi connectivity index (χ3n) is 12.5. The fraction of sp³-hybridized carbons (Fsp3) is 0.724. The van der Waals surface area contributed by atoms with Gasteiger partial charge in [-0.15, -0.1) is 0 Å². The molecule has 0 saturated carbocycles. The molecule has 2 aromatic rings. The van der Waals surface area contributed by atoms with E-state index in [9.17, 15) is 5.53 Å². The summed E-state index contributed by atoms with van der Waals surface area (Å²) in [4.78, 5) is 0. The van der Waals surface area contributed by atoms with Crippen LogP contribution in [0.2, 0.25) is 10.8 Å². The van der Waals surface area contributed by atoms with Crippen molar-refractivity contribution in [3.63, 3.8) is 0 Å². The zero-order valence-electron chi connectivity index (χ0n) is 41.7. The summed E-state index contributed by atoms with van der Waals surface area (Å²) >= 11 is 1.94. The Balaban J connectivity index is 0.00000127. The molecule has 3 rings (SSSR count). The number of nitrogens with zero attached hydrogens (tertiary/aromatic N) is 2. The summed E-state index contributed by atoms with van der Waals surface area (Å²) in [6, 6.07) is 14.8. The van der Waals surface area contributed by atoms with Crippen LogP contribution in [0.3, 0.4) is 0 Å². The molecule has 0 unspecified atom stereocenters. The fourth-order valence-corrected chi connectivity index (χ4v) is 10.1. The molecule has 0 amide bonds. The SMILES string of the molecule is CCCCCCCCC1=C(c2cc(CCCC)cc(CCCCCC)c2)[N+](=[N-])C(c2cc(CCCC)cc(CCCCCC)c2)=C1CCCCCC.CCC[CH2][Ni][CH2]CCC. The Labute approximate surface area is 386 Å². The van der Waals surface area contributed by atoms with E-state index >= 15 is 0 Å². The first kappa shape index (κ1) is 55.1. The van der Waals surface area contributed by atoms with E-state index in [1.165, 1.54) is 222 Å². The molecular weight excluding hydrogens is 783 g/mol. The first-order chi connectivity index (χ1) is 29.9. The maximum atomic E-state index is 12.7. The van der Waals surface area contributed by atoms with E-state index in [1.807, 2.05) is 14.4 Å². The molecular formula is C58H98N2Ni. The van der Waals surface area contributed by atoms with E-state index in [0.29, 0.717) is 0 Å². The van der Waals surface area contributed by atoms with Crippen molar-refractivity contribution in [2.24, 2.45) is 0 Å². The van der Waals surface area contributed by atoms with Crippen molar-refractivity contribution >= 4 is 11.4 Å². The number of benzene rings is 2. The van der Waals surface area contributed by atoms with Gasteiger partial charge in [0.05, 0.1) is 0 Å². The van der Waals surface area contributed by atoms with Gasteiger partial charge in [0, 0.05) is 22.3 Å². The van der Waals surface area contributed by atoms with E-state index in [1.54, 1.807) is 4.70 Å². The van der Waals surface area contributed by atoms with Crippen LogP contribution in [-0.4, -0.2) is 4.70 Å². The summed E-state index contributed by atoms with van der Waals surface area (Å²) in [5.41, 5.74) is 26.0. The van der Waals surface area contributed by atoms with Crippen molar-refractivity contribution < 1.29 is 19.1 Å².